The van der Waals surface area contributed by atoms with Gasteiger partial charge in [0.1, 0.15) is 5.69 Å². The largest absolute Gasteiger partial charge is 0.460 e. The molecule has 0 spiro atoms. The number of ether oxygens (including phenoxy) is 1. The summed E-state index contributed by atoms with van der Waals surface area (Å²) in [5.74, 6) is -1.26. The second-order valence-corrected chi connectivity index (χ2v) is 3.57. The molecule has 0 aromatic carbocycles. The van der Waals surface area contributed by atoms with E-state index in [2.05, 4.69) is 19.9 Å². The van der Waals surface area contributed by atoms with E-state index in [1.165, 1.54) is 0 Å². The molecule has 0 N–H and O–H groups in total. The normalized spacial score (nSPS) is 11.4. The summed E-state index contributed by atoms with van der Waals surface area (Å²) in [7, 11) is 0. The summed E-state index contributed by atoms with van der Waals surface area (Å²) in [4.78, 5) is 18.6. The topological polar surface area (TPSA) is 78.1 Å². The lowest BCUT2D eigenvalue weighted by molar-refractivity contribution is -0.137. The molecule has 2 aromatic rings. The Kier molecular flexibility index (Phi) is 3.68. The number of rotatable bonds is 3. The minimum Gasteiger partial charge on any atom is -0.460 e. The van der Waals surface area contributed by atoms with Crippen LogP contribution in [0.15, 0.2) is 22.9 Å². The molecule has 0 aliphatic rings. The molecule has 0 bridgehead atoms. The van der Waals surface area contributed by atoms with Crippen molar-refractivity contribution in [3.8, 4) is 11.6 Å². The van der Waals surface area contributed by atoms with Gasteiger partial charge in [-0.2, -0.15) is 18.2 Å². The molecule has 0 saturated carbocycles. The minimum absolute atomic E-state index is 0.0287. The van der Waals surface area contributed by atoms with E-state index in [4.69, 9.17) is 4.52 Å². The minimum atomic E-state index is -4.48. The molecular formula is C11H8F3N3O3. The lowest BCUT2D eigenvalue weighted by Gasteiger charge is -2.04. The van der Waals surface area contributed by atoms with Crippen LogP contribution in [0.25, 0.3) is 11.6 Å². The van der Waals surface area contributed by atoms with E-state index in [1.54, 1.807) is 6.92 Å². The van der Waals surface area contributed by atoms with Gasteiger partial charge >= 0.3 is 12.1 Å². The van der Waals surface area contributed by atoms with Gasteiger partial charge in [-0.05, 0) is 24.2 Å². The van der Waals surface area contributed by atoms with Gasteiger partial charge in [-0.1, -0.05) is 0 Å². The average molecular weight is 287 g/mol. The van der Waals surface area contributed by atoms with Crippen molar-refractivity contribution in [3.63, 3.8) is 0 Å². The lowest BCUT2D eigenvalue weighted by atomic mass is 10.2. The van der Waals surface area contributed by atoms with Crippen LogP contribution in [-0.2, 0) is 10.9 Å². The molecule has 2 rings (SSSR count). The van der Waals surface area contributed by atoms with Crippen molar-refractivity contribution in [2.45, 2.75) is 13.1 Å². The van der Waals surface area contributed by atoms with Crippen LogP contribution in [0, 0.1) is 0 Å². The van der Waals surface area contributed by atoms with Crippen molar-refractivity contribution in [1.29, 1.82) is 0 Å². The van der Waals surface area contributed by atoms with Crippen LogP contribution in [-0.4, -0.2) is 27.7 Å². The SMILES string of the molecule is CCOC(=O)c1noc(-c2ccc(C(F)(F)F)cn2)n1. The number of carbonyl (C=O) groups is 1. The molecule has 0 atom stereocenters. The molecule has 0 amide bonds. The Labute approximate surface area is 110 Å². The van der Waals surface area contributed by atoms with E-state index < -0.39 is 17.7 Å². The van der Waals surface area contributed by atoms with Crippen LogP contribution in [0.1, 0.15) is 23.1 Å². The van der Waals surface area contributed by atoms with E-state index in [9.17, 15) is 18.0 Å². The van der Waals surface area contributed by atoms with Gasteiger partial charge in [0.05, 0.1) is 12.2 Å². The summed E-state index contributed by atoms with van der Waals surface area (Å²) in [6.45, 7) is 1.75. The Bertz CT molecular complexity index is 607. The second-order valence-electron chi connectivity index (χ2n) is 3.57. The number of hydrogen-bond acceptors (Lipinski definition) is 6. The maximum Gasteiger partial charge on any atom is 0.417 e. The number of hydrogen-bond donors (Lipinski definition) is 0. The number of esters is 1. The fourth-order valence-electron chi connectivity index (χ4n) is 1.29. The maximum absolute atomic E-state index is 12.4. The molecule has 0 aliphatic carbocycles. The molecule has 2 aromatic heterocycles. The Hall–Kier alpha value is -2.45. The Morgan fingerprint density at radius 1 is 1.40 bits per heavy atom. The van der Waals surface area contributed by atoms with Crippen LogP contribution in [0.5, 0.6) is 0 Å². The summed E-state index contributed by atoms with van der Waals surface area (Å²) in [5, 5.41) is 3.36. The standard InChI is InChI=1S/C11H8F3N3O3/c1-2-19-10(18)8-16-9(20-17-8)7-4-3-6(5-15-7)11(12,13)14/h3-5H,2H2,1H3. The zero-order valence-corrected chi connectivity index (χ0v) is 10.1. The van der Waals surface area contributed by atoms with E-state index in [0.29, 0.717) is 6.20 Å². The van der Waals surface area contributed by atoms with Crippen LogP contribution in [0.4, 0.5) is 13.2 Å². The predicted molar refractivity (Wildman–Crippen MR) is 58.5 cm³/mol. The van der Waals surface area contributed by atoms with Crippen LogP contribution < -0.4 is 0 Å². The summed E-state index contributed by atoms with van der Waals surface area (Å²) in [6.07, 6.45) is -3.83. The monoisotopic (exact) mass is 287 g/mol. The fraction of sp³-hybridized carbons (Fsp3) is 0.273. The lowest BCUT2D eigenvalue weighted by Crippen LogP contribution is -2.06. The van der Waals surface area contributed by atoms with Gasteiger partial charge < -0.3 is 9.26 Å². The molecule has 106 valence electrons. The predicted octanol–water partition coefficient (Wildman–Crippen LogP) is 2.33. The molecule has 0 saturated heterocycles. The number of carbonyl (C=O) groups excluding carboxylic acids is 1. The van der Waals surface area contributed by atoms with Crippen molar-refractivity contribution in [1.82, 2.24) is 15.1 Å². The van der Waals surface area contributed by atoms with Gasteiger partial charge in [0.15, 0.2) is 0 Å². The first-order valence-electron chi connectivity index (χ1n) is 5.46. The summed E-state index contributed by atoms with van der Waals surface area (Å²) in [5.41, 5.74) is -0.868. The maximum atomic E-state index is 12.4. The first-order chi connectivity index (χ1) is 9.41. The van der Waals surface area contributed by atoms with E-state index >= 15 is 0 Å². The highest BCUT2D eigenvalue weighted by atomic mass is 19.4. The van der Waals surface area contributed by atoms with Crippen molar-refractivity contribution >= 4 is 5.97 Å². The molecule has 0 aliphatic heterocycles. The third-order valence-electron chi connectivity index (χ3n) is 2.19. The number of aromatic nitrogens is 3. The fourth-order valence-corrected chi connectivity index (χ4v) is 1.29. The first kappa shape index (κ1) is 14.0. The Morgan fingerprint density at radius 2 is 2.15 bits per heavy atom. The number of nitrogens with zero attached hydrogens (tertiary/aromatic N) is 3. The number of halogens is 3. The van der Waals surface area contributed by atoms with Crippen molar-refractivity contribution in [2.75, 3.05) is 6.61 Å². The van der Waals surface area contributed by atoms with Gasteiger partial charge in [0.2, 0.25) is 0 Å². The van der Waals surface area contributed by atoms with Crippen molar-refractivity contribution < 1.29 is 27.2 Å². The van der Waals surface area contributed by atoms with Gasteiger partial charge in [-0.3, -0.25) is 4.98 Å². The van der Waals surface area contributed by atoms with Crippen LogP contribution in [0.2, 0.25) is 0 Å². The van der Waals surface area contributed by atoms with E-state index in [-0.39, 0.29) is 24.0 Å². The quantitative estimate of drug-likeness (QED) is 0.806. The highest BCUT2D eigenvalue weighted by molar-refractivity contribution is 5.85. The zero-order chi connectivity index (χ0) is 14.8. The molecular weight excluding hydrogens is 279 g/mol. The summed E-state index contributed by atoms with van der Waals surface area (Å²) >= 11 is 0. The smallest absolute Gasteiger partial charge is 0.417 e. The number of pyridine rings is 1. The summed E-state index contributed by atoms with van der Waals surface area (Å²) in [6, 6.07) is 1.90. The van der Waals surface area contributed by atoms with Crippen LogP contribution >= 0.6 is 0 Å². The van der Waals surface area contributed by atoms with Gasteiger partial charge in [0.25, 0.3) is 11.7 Å². The third-order valence-corrected chi connectivity index (χ3v) is 2.19. The first-order valence-corrected chi connectivity index (χ1v) is 5.46. The van der Waals surface area contributed by atoms with E-state index in [1.807, 2.05) is 0 Å². The number of alkyl halides is 3. The molecule has 0 unspecified atom stereocenters. The van der Waals surface area contributed by atoms with Gasteiger partial charge in [-0.25, -0.2) is 4.79 Å². The highest BCUT2D eigenvalue weighted by Gasteiger charge is 2.31. The van der Waals surface area contributed by atoms with E-state index in [0.717, 1.165) is 12.1 Å². The molecule has 6 nitrogen and oxygen atoms in total. The molecule has 0 radical (unpaired) electrons. The molecule has 9 heteroatoms. The van der Waals surface area contributed by atoms with Crippen LogP contribution in [0.3, 0.4) is 0 Å². The highest BCUT2D eigenvalue weighted by Crippen LogP contribution is 2.29. The Morgan fingerprint density at radius 3 is 2.70 bits per heavy atom. The van der Waals surface area contributed by atoms with Gasteiger partial charge in [-0.15, -0.1) is 0 Å². The summed E-state index contributed by atoms with van der Waals surface area (Å²) < 4.78 is 46.5. The molecule has 2 heterocycles. The third kappa shape index (κ3) is 2.92. The molecule has 20 heavy (non-hydrogen) atoms. The zero-order valence-electron chi connectivity index (χ0n) is 10.1. The van der Waals surface area contributed by atoms with Crippen molar-refractivity contribution in [3.05, 3.63) is 29.7 Å². The van der Waals surface area contributed by atoms with Gasteiger partial charge in [0, 0.05) is 6.20 Å². The molecule has 0 fully saturated rings. The van der Waals surface area contributed by atoms with Crippen molar-refractivity contribution in [2.24, 2.45) is 0 Å². The Balaban J connectivity index is 2.22. The average Bonchev–Trinajstić information content (AvgIpc) is 2.88. The second kappa shape index (κ2) is 5.27.